The number of nitrogens with zero attached hydrogens (tertiary/aromatic N) is 6. The average Bonchev–Trinajstić information content (AvgIpc) is 3.53. The van der Waals surface area contributed by atoms with Crippen LogP contribution in [0, 0.1) is 0 Å². The number of aliphatic hydroxyl groups excluding tert-OH is 1. The van der Waals surface area contributed by atoms with Crippen LogP contribution in [0.2, 0.25) is 0 Å². The molecule has 0 radical (unpaired) electrons. The van der Waals surface area contributed by atoms with Gasteiger partial charge in [-0.05, 0) is 12.5 Å². The Hall–Kier alpha value is -4.05. The van der Waals surface area contributed by atoms with Crippen molar-refractivity contribution in [1.29, 1.82) is 0 Å². The van der Waals surface area contributed by atoms with Crippen LogP contribution in [-0.4, -0.2) is 60.3 Å². The van der Waals surface area contributed by atoms with Crippen molar-refractivity contribution in [2.75, 3.05) is 18.9 Å². The van der Waals surface area contributed by atoms with Crippen LogP contribution in [-0.2, 0) is 11.8 Å². The standard InChI is InChI=1S/C17H14N6O.C5H9NO2/c1-23-10-8-15(22-23)21-17-18-9-7-13(20-17)16-19-14(11-24-16)12-5-3-2-4-6-12;1-6-3-2-4(7)5(6)8/h2-11H,1H3,(H,18,20,21,22);4,7H,2-3H2,1H3. The lowest BCUT2D eigenvalue weighted by Gasteiger charge is -2.04. The minimum atomic E-state index is -0.722. The molecule has 0 spiro atoms. The summed E-state index contributed by atoms with van der Waals surface area (Å²) in [4.78, 5) is 25.2. The van der Waals surface area contributed by atoms with Gasteiger partial charge in [-0.3, -0.25) is 9.48 Å². The zero-order chi connectivity index (χ0) is 22.5. The highest BCUT2D eigenvalue weighted by Crippen LogP contribution is 2.24. The Labute approximate surface area is 184 Å². The molecular formula is C22H23N7O3. The number of benzene rings is 1. The minimum Gasteiger partial charge on any atom is -0.443 e. The Kier molecular flexibility index (Phi) is 6.22. The molecule has 1 aliphatic rings. The molecule has 4 heterocycles. The quantitative estimate of drug-likeness (QED) is 0.503. The Morgan fingerprint density at radius 3 is 2.53 bits per heavy atom. The van der Waals surface area contributed by atoms with Gasteiger partial charge in [0.15, 0.2) is 5.82 Å². The summed E-state index contributed by atoms with van der Waals surface area (Å²) in [5.41, 5.74) is 2.36. The maximum absolute atomic E-state index is 10.6. The molecule has 4 aromatic rings. The third kappa shape index (κ3) is 4.98. The van der Waals surface area contributed by atoms with E-state index in [0.29, 0.717) is 36.3 Å². The Morgan fingerprint density at radius 2 is 1.91 bits per heavy atom. The number of carbonyl (C=O) groups excluding carboxylic acids is 1. The smallest absolute Gasteiger partial charge is 0.251 e. The van der Waals surface area contributed by atoms with Gasteiger partial charge in [-0.25, -0.2) is 15.0 Å². The number of likely N-dealkylation sites (N-methyl/N-ethyl adjacent to an activating group) is 1. The first-order valence-corrected chi connectivity index (χ1v) is 10.0. The van der Waals surface area contributed by atoms with E-state index < -0.39 is 6.10 Å². The molecule has 0 saturated carbocycles. The normalized spacial score (nSPS) is 15.4. The molecule has 1 fully saturated rings. The van der Waals surface area contributed by atoms with E-state index in [1.165, 1.54) is 4.90 Å². The van der Waals surface area contributed by atoms with E-state index in [1.54, 1.807) is 30.3 Å². The van der Waals surface area contributed by atoms with E-state index in [9.17, 15) is 4.79 Å². The first-order valence-electron chi connectivity index (χ1n) is 10.0. The van der Waals surface area contributed by atoms with Gasteiger partial charge in [0.2, 0.25) is 11.8 Å². The van der Waals surface area contributed by atoms with E-state index in [0.717, 1.165) is 11.3 Å². The molecule has 3 aromatic heterocycles. The zero-order valence-electron chi connectivity index (χ0n) is 17.7. The second-order valence-electron chi connectivity index (χ2n) is 7.23. The number of anilines is 2. The highest BCUT2D eigenvalue weighted by Gasteiger charge is 2.26. The number of oxazole rings is 1. The zero-order valence-corrected chi connectivity index (χ0v) is 17.7. The second-order valence-corrected chi connectivity index (χ2v) is 7.23. The molecule has 1 saturated heterocycles. The molecule has 164 valence electrons. The third-order valence-electron chi connectivity index (χ3n) is 4.80. The maximum atomic E-state index is 10.6. The van der Waals surface area contributed by atoms with Gasteiger partial charge in [-0.15, -0.1) is 0 Å². The number of amides is 1. The fourth-order valence-electron chi connectivity index (χ4n) is 3.07. The van der Waals surface area contributed by atoms with Crippen LogP contribution in [0.4, 0.5) is 11.8 Å². The largest absolute Gasteiger partial charge is 0.443 e. The van der Waals surface area contributed by atoms with Crippen LogP contribution in [0.5, 0.6) is 0 Å². The number of rotatable bonds is 4. The lowest BCUT2D eigenvalue weighted by Crippen LogP contribution is -2.24. The van der Waals surface area contributed by atoms with Crippen LogP contribution in [0.3, 0.4) is 0 Å². The van der Waals surface area contributed by atoms with Crippen molar-refractivity contribution in [2.24, 2.45) is 7.05 Å². The van der Waals surface area contributed by atoms with Gasteiger partial charge in [-0.1, -0.05) is 30.3 Å². The van der Waals surface area contributed by atoms with Gasteiger partial charge in [-0.2, -0.15) is 5.10 Å². The fourth-order valence-corrected chi connectivity index (χ4v) is 3.07. The van der Waals surface area contributed by atoms with Crippen molar-refractivity contribution >= 4 is 17.7 Å². The van der Waals surface area contributed by atoms with Crippen LogP contribution in [0.15, 0.2) is 65.5 Å². The number of likely N-dealkylation sites (tertiary alicyclic amines) is 1. The number of hydrogen-bond donors (Lipinski definition) is 2. The van der Waals surface area contributed by atoms with E-state index in [2.05, 4.69) is 25.4 Å². The summed E-state index contributed by atoms with van der Waals surface area (Å²) in [5.74, 6) is 1.41. The minimum absolute atomic E-state index is 0.148. The lowest BCUT2D eigenvalue weighted by atomic mass is 10.2. The summed E-state index contributed by atoms with van der Waals surface area (Å²) >= 11 is 0. The van der Waals surface area contributed by atoms with E-state index in [1.807, 2.05) is 49.6 Å². The Balaban J connectivity index is 0.000000260. The molecule has 2 N–H and O–H groups in total. The van der Waals surface area contributed by atoms with E-state index in [-0.39, 0.29) is 5.91 Å². The summed E-state index contributed by atoms with van der Waals surface area (Å²) in [7, 11) is 3.54. The summed E-state index contributed by atoms with van der Waals surface area (Å²) in [5, 5.41) is 16.1. The predicted molar refractivity (Wildman–Crippen MR) is 118 cm³/mol. The van der Waals surface area contributed by atoms with Gasteiger partial charge in [0, 0.05) is 44.7 Å². The molecule has 1 aromatic carbocycles. The monoisotopic (exact) mass is 433 g/mol. The molecule has 1 aliphatic heterocycles. The molecule has 0 aliphatic carbocycles. The molecular weight excluding hydrogens is 410 g/mol. The first kappa shape index (κ1) is 21.2. The summed E-state index contributed by atoms with van der Waals surface area (Å²) in [6, 6.07) is 13.4. The van der Waals surface area contributed by atoms with Crippen molar-refractivity contribution in [3.05, 3.63) is 61.1 Å². The van der Waals surface area contributed by atoms with Crippen molar-refractivity contribution in [2.45, 2.75) is 12.5 Å². The summed E-state index contributed by atoms with van der Waals surface area (Å²) in [6.07, 6.45) is 4.99. The number of aliphatic hydroxyl groups is 1. The van der Waals surface area contributed by atoms with Gasteiger partial charge < -0.3 is 19.7 Å². The van der Waals surface area contributed by atoms with Gasteiger partial charge in [0.25, 0.3) is 5.91 Å². The highest BCUT2D eigenvalue weighted by atomic mass is 16.3. The first-order chi connectivity index (χ1) is 15.5. The van der Waals surface area contributed by atoms with Gasteiger partial charge in [0.05, 0.1) is 0 Å². The van der Waals surface area contributed by atoms with Crippen LogP contribution >= 0.6 is 0 Å². The Bertz CT molecular complexity index is 1180. The third-order valence-corrected chi connectivity index (χ3v) is 4.80. The maximum Gasteiger partial charge on any atom is 0.251 e. The second kappa shape index (κ2) is 9.40. The highest BCUT2D eigenvalue weighted by molar-refractivity contribution is 5.82. The summed E-state index contributed by atoms with van der Waals surface area (Å²) < 4.78 is 7.27. The molecule has 1 amide bonds. The fraction of sp³-hybridized carbons (Fsp3) is 0.227. The molecule has 32 heavy (non-hydrogen) atoms. The SMILES string of the molecule is CN1CCC(O)C1=O.Cn1ccc(Nc2nccc(-c3nc(-c4ccccc4)co3)n2)n1. The van der Waals surface area contributed by atoms with Crippen LogP contribution < -0.4 is 5.32 Å². The number of hydrogen-bond acceptors (Lipinski definition) is 8. The molecule has 10 nitrogen and oxygen atoms in total. The van der Waals surface area contributed by atoms with Gasteiger partial charge in [0.1, 0.15) is 23.8 Å². The van der Waals surface area contributed by atoms with Gasteiger partial charge >= 0.3 is 0 Å². The lowest BCUT2D eigenvalue weighted by molar-refractivity contribution is -0.133. The van der Waals surface area contributed by atoms with Crippen molar-refractivity contribution in [3.8, 4) is 22.8 Å². The van der Waals surface area contributed by atoms with Crippen LogP contribution in [0.1, 0.15) is 6.42 Å². The van der Waals surface area contributed by atoms with Crippen LogP contribution in [0.25, 0.3) is 22.8 Å². The van der Waals surface area contributed by atoms with E-state index in [4.69, 9.17) is 9.52 Å². The molecule has 1 unspecified atom stereocenters. The number of carbonyl (C=O) groups is 1. The molecule has 0 bridgehead atoms. The topological polar surface area (TPSA) is 122 Å². The number of nitrogens with one attached hydrogen (secondary N) is 1. The average molecular weight is 433 g/mol. The van der Waals surface area contributed by atoms with E-state index >= 15 is 0 Å². The summed E-state index contributed by atoms with van der Waals surface area (Å²) in [6.45, 7) is 0.694. The number of aromatic nitrogens is 5. The predicted octanol–water partition coefficient (Wildman–Crippen LogP) is 2.49. The van der Waals surface area contributed by atoms with Crippen molar-refractivity contribution in [3.63, 3.8) is 0 Å². The number of aryl methyl sites for hydroxylation is 1. The van der Waals surface area contributed by atoms with Crippen molar-refractivity contribution < 1.29 is 14.3 Å². The molecule has 10 heteroatoms. The Morgan fingerprint density at radius 1 is 1.09 bits per heavy atom. The van der Waals surface area contributed by atoms with Crippen molar-refractivity contribution in [1.82, 2.24) is 29.6 Å². The molecule has 5 rings (SSSR count). The molecule has 1 atom stereocenters.